The summed E-state index contributed by atoms with van der Waals surface area (Å²) in [4.78, 5) is 4.06. The van der Waals surface area contributed by atoms with Gasteiger partial charge in [-0.25, -0.2) is 4.98 Å². The van der Waals surface area contributed by atoms with Gasteiger partial charge in [0, 0.05) is 36.7 Å². The van der Waals surface area contributed by atoms with Crippen molar-refractivity contribution in [2.24, 2.45) is 0 Å². The summed E-state index contributed by atoms with van der Waals surface area (Å²) in [5, 5.41) is 3.30. The molecule has 1 aromatic heterocycles. The summed E-state index contributed by atoms with van der Waals surface area (Å²) < 4.78 is 38.0. The highest BCUT2D eigenvalue weighted by Gasteiger charge is 2.27. The molecule has 1 fully saturated rings. The number of imidazole rings is 1. The number of hydrogen-bond donors (Lipinski definition) is 1. The van der Waals surface area contributed by atoms with Crippen LogP contribution < -0.4 is 5.32 Å². The number of nitrogens with one attached hydrogen (secondary N) is 1. The maximum Gasteiger partial charge on any atom is 0.441 e. The number of thioether (sulfide) groups is 1. The lowest BCUT2D eigenvalue weighted by atomic mass is 9.96. The smallest absolute Gasteiger partial charge is 0.333 e. The van der Waals surface area contributed by atoms with Crippen molar-refractivity contribution in [2.75, 3.05) is 18.8 Å². The van der Waals surface area contributed by atoms with Gasteiger partial charge in [-0.05, 0) is 31.1 Å². The first-order chi connectivity index (χ1) is 8.56. The summed E-state index contributed by atoms with van der Waals surface area (Å²) in [7, 11) is 0. The van der Waals surface area contributed by atoms with Gasteiger partial charge >= 0.3 is 5.51 Å². The number of aromatic nitrogens is 2. The van der Waals surface area contributed by atoms with Crippen molar-refractivity contribution in [1.29, 1.82) is 0 Å². The lowest BCUT2D eigenvalue weighted by Gasteiger charge is -2.23. The average Bonchev–Trinajstić information content (AvgIpc) is 2.77. The van der Waals surface area contributed by atoms with Crippen LogP contribution in [0, 0.1) is 0 Å². The van der Waals surface area contributed by atoms with E-state index in [0.717, 1.165) is 31.6 Å². The standard InChI is InChI=1S/C11H16F3N3S/c12-11(13,14)18-5-4-17-8-16-7-10(17)9-2-1-3-15-6-9/h7-9,15H,1-6H2. The minimum absolute atomic E-state index is 0.0229. The highest BCUT2D eigenvalue weighted by molar-refractivity contribution is 8.00. The Kier molecular flexibility index (Phi) is 4.55. The van der Waals surface area contributed by atoms with Crippen LogP contribution in [-0.4, -0.2) is 33.9 Å². The van der Waals surface area contributed by atoms with Gasteiger partial charge in [0.15, 0.2) is 0 Å². The summed E-state index contributed by atoms with van der Waals surface area (Å²) in [6, 6.07) is 0. The van der Waals surface area contributed by atoms with E-state index in [0.29, 0.717) is 12.5 Å². The highest BCUT2D eigenvalue weighted by Crippen LogP contribution is 2.30. The molecule has 1 aromatic rings. The van der Waals surface area contributed by atoms with Crippen molar-refractivity contribution in [3.05, 3.63) is 18.2 Å². The van der Waals surface area contributed by atoms with Gasteiger partial charge in [0.05, 0.1) is 6.33 Å². The minimum atomic E-state index is -4.15. The maximum atomic E-state index is 12.1. The lowest BCUT2D eigenvalue weighted by Crippen LogP contribution is -2.29. The predicted octanol–water partition coefficient (Wildman–Crippen LogP) is 2.60. The Balaban J connectivity index is 1.91. The van der Waals surface area contributed by atoms with E-state index < -0.39 is 5.51 Å². The number of aryl methyl sites for hydroxylation is 1. The van der Waals surface area contributed by atoms with E-state index in [9.17, 15) is 13.2 Å². The van der Waals surface area contributed by atoms with E-state index in [1.54, 1.807) is 12.5 Å². The normalized spacial score (nSPS) is 21.2. The van der Waals surface area contributed by atoms with Gasteiger partial charge in [-0.3, -0.25) is 0 Å². The predicted molar refractivity (Wildman–Crippen MR) is 65.6 cm³/mol. The summed E-state index contributed by atoms with van der Waals surface area (Å²) in [5.41, 5.74) is -3.10. The van der Waals surface area contributed by atoms with Crippen LogP contribution in [0.3, 0.4) is 0 Å². The van der Waals surface area contributed by atoms with Crippen LogP contribution in [-0.2, 0) is 6.54 Å². The van der Waals surface area contributed by atoms with Crippen molar-refractivity contribution in [3.63, 3.8) is 0 Å². The molecule has 0 radical (unpaired) electrons. The first-order valence-electron chi connectivity index (χ1n) is 5.98. The number of hydrogen-bond acceptors (Lipinski definition) is 3. The first kappa shape index (κ1) is 13.7. The molecule has 0 aliphatic carbocycles. The molecule has 0 bridgehead atoms. The molecule has 3 nitrogen and oxygen atoms in total. The third kappa shape index (κ3) is 3.91. The molecule has 1 aliphatic heterocycles. The maximum absolute atomic E-state index is 12.1. The number of nitrogens with zero attached hydrogens (tertiary/aromatic N) is 2. The monoisotopic (exact) mass is 279 g/mol. The van der Waals surface area contributed by atoms with Crippen LogP contribution in [0.1, 0.15) is 24.5 Å². The molecule has 1 unspecified atom stereocenters. The largest absolute Gasteiger partial charge is 0.441 e. The number of piperidine rings is 1. The molecule has 1 atom stereocenters. The molecule has 102 valence electrons. The Bertz CT molecular complexity index is 372. The summed E-state index contributed by atoms with van der Waals surface area (Å²) in [6.07, 6.45) is 5.58. The molecular formula is C11H16F3N3S. The molecule has 0 saturated carbocycles. The fourth-order valence-corrected chi connectivity index (χ4v) is 2.74. The molecule has 1 saturated heterocycles. The topological polar surface area (TPSA) is 29.9 Å². The molecule has 1 N–H and O–H groups in total. The molecule has 0 aromatic carbocycles. The second-order valence-corrected chi connectivity index (χ2v) is 5.51. The Morgan fingerprint density at radius 2 is 2.33 bits per heavy atom. The zero-order valence-electron chi connectivity index (χ0n) is 9.91. The summed E-state index contributed by atoms with van der Waals surface area (Å²) in [5.74, 6) is 0.407. The third-order valence-corrected chi connectivity index (χ3v) is 3.77. The van der Waals surface area contributed by atoms with Crippen molar-refractivity contribution in [1.82, 2.24) is 14.9 Å². The molecule has 2 heterocycles. The Hall–Kier alpha value is -0.690. The van der Waals surface area contributed by atoms with Crippen LogP contribution in [0.4, 0.5) is 13.2 Å². The van der Waals surface area contributed by atoms with Crippen LogP contribution in [0.5, 0.6) is 0 Å². The molecule has 18 heavy (non-hydrogen) atoms. The number of alkyl halides is 3. The SMILES string of the molecule is FC(F)(F)SCCn1cncc1C1CCCNC1. The Labute approximate surface area is 108 Å². The van der Waals surface area contributed by atoms with Crippen molar-refractivity contribution in [3.8, 4) is 0 Å². The number of halogens is 3. The van der Waals surface area contributed by atoms with Gasteiger partial charge in [-0.15, -0.1) is 0 Å². The molecule has 2 rings (SSSR count). The number of rotatable bonds is 4. The van der Waals surface area contributed by atoms with Crippen LogP contribution >= 0.6 is 11.8 Å². The van der Waals surface area contributed by atoms with E-state index in [1.165, 1.54) is 0 Å². The molecule has 0 amide bonds. The van der Waals surface area contributed by atoms with Gasteiger partial charge in [-0.2, -0.15) is 13.2 Å². The second-order valence-electron chi connectivity index (χ2n) is 4.35. The van der Waals surface area contributed by atoms with Gasteiger partial charge in [0.1, 0.15) is 0 Å². The van der Waals surface area contributed by atoms with Gasteiger partial charge in [0.25, 0.3) is 0 Å². The zero-order chi connectivity index (χ0) is 13.0. The summed E-state index contributed by atoms with van der Waals surface area (Å²) >= 11 is 0.0229. The fraction of sp³-hybridized carbons (Fsp3) is 0.727. The van der Waals surface area contributed by atoms with E-state index in [1.807, 2.05) is 4.57 Å². The third-order valence-electron chi connectivity index (χ3n) is 3.06. The van der Waals surface area contributed by atoms with E-state index >= 15 is 0 Å². The molecule has 7 heteroatoms. The average molecular weight is 279 g/mol. The van der Waals surface area contributed by atoms with E-state index in [-0.39, 0.29) is 17.5 Å². The van der Waals surface area contributed by atoms with Crippen LogP contribution in [0.2, 0.25) is 0 Å². The van der Waals surface area contributed by atoms with Crippen molar-refractivity contribution in [2.45, 2.75) is 30.8 Å². The first-order valence-corrected chi connectivity index (χ1v) is 6.96. The van der Waals surface area contributed by atoms with Crippen molar-refractivity contribution < 1.29 is 13.2 Å². The second kappa shape index (κ2) is 5.97. The minimum Gasteiger partial charge on any atom is -0.333 e. The lowest BCUT2D eigenvalue weighted by molar-refractivity contribution is -0.0328. The Morgan fingerprint density at radius 1 is 1.50 bits per heavy atom. The van der Waals surface area contributed by atoms with Crippen LogP contribution in [0.25, 0.3) is 0 Å². The quantitative estimate of drug-likeness (QED) is 0.919. The fourth-order valence-electron chi connectivity index (χ4n) is 2.22. The summed E-state index contributed by atoms with van der Waals surface area (Å²) in [6.45, 7) is 2.27. The van der Waals surface area contributed by atoms with Gasteiger partial charge in [0.2, 0.25) is 0 Å². The van der Waals surface area contributed by atoms with E-state index in [4.69, 9.17) is 0 Å². The van der Waals surface area contributed by atoms with E-state index in [2.05, 4.69) is 10.3 Å². The van der Waals surface area contributed by atoms with Crippen molar-refractivity contribution >= 4 is 11.8 Å². The molecule has 0 spiro atoms. The zero-order valence-corrected chi connectivity index (χ0v) is 10.7. The highest BCUT2D eigenvalue weighted by atomic mass is 32.2. The van der Waals surface area contributed by atoms with Crippen LogP contribution in [0.15, 0.2) is 12.5 Å². The van der Waals surface area contributed by atoms with Gasteiger partial charge in [-0.1, -0.05) is 0 Å². The van der Waals surface area contributed by atoms with Gasteiger partial charge < -0.3 is 9.88 Å². The molecule has 1 aliphatic rings. The molecular weight excluding hydrogens is 263 g/mol. The Morgan fingerprint density at radius 3 is 3.00 bits per heavy atom.